The highest BCUT2D eigenvalue weighted by Gasteiger charge is 2.35. The van der Waals surface area contributed by atoms with Gasteiger partial charge in [0.1, 0.15) is 12.3 Å². The molecule has 158 valence electrons. The van der Waals surface area contributed by atoms with Crippen LogP contribution < -0.4 is 4.68 Å². The molecule has 1 atom stereocenters. The van der Waals surface area contributed by atoms with Crippen LogP contribution in [0, 0.1) is 6.92 Å². The summed E-state index contributed by atoms with van der Waals surface area (Å²) in [5.74, 6) is -0.0452. The number of amides is 1. The number of H-pyrrole nitrogens is 1. The summed E-state index contributed by atoms with van der Waals surface area (Å²) in [6.45, 7) is 6.98. The molecule has 1 amide bonds. The van der Waals surface area contributed by atoms with Crippen LogP contribution in [0.25, 0.3) is 5.82 Å². The third-order valence-corrected chi connectivity index (χ3v) is 5.02. The van der Waals surface area contributed by atoms with Gasteiger partial charge in [-0.1, -0.05) is 0 Å². The van der Waals surface area contributed by atoms with Crippen LogP contribution in [0.5, 0.6) is 0 Å². The van der Waals surface area contributed by atoms with Crippen LogP contribution in [0.1, 0.15) is 35.6 Å². The smallest absolute Gasteiger partial charge is 0.346 e. The van der Waals surface area contributed by atoms with Gasteiger partial charge in [0.25, 0.3) is 5.91 Å². The first-order valence-electron chi connectivity index (χ1n) is 9.93. The first kappa shape index (κ1) is 20.2. The van der Waals surface area contributed by atoms with Gasteiger partial charge in [0.05, 0.1) is 36.6 Å². The van der Waals surface area contributed by atoms with E-state index in [4.69, 9.17) is 9.47 Å². The molecule has 1 saturated heterocycles. The lowest BCUT2D eigenvalue weighted by atomic mass is 10.2. The average Bonchev–Trinajstić information content (AvgIpc) is 3.42. The number of carbonyl (C=O) groups excluding carboxylic acids is 1. The fraction of sp³-hybridized carbons (Fsp3) is 0.429. The molecule has 4 heterocycles. The molecule has 1 aliphatic rings. The summed E-state index contributed by atoms with van der Waals surface area (Å²) in [4.78, 5) is 19.5. The molecule has 4 rings (SSSR count). The molecule has 0 saturated carbocycles. The molecule has 1 fully saturated rings. The minimum Gasteiger partial charge on any atom is -0.348 e. The molecule has 1 N–H and O–H groups in total. The molecule has 0 bridgehead atoms. The number of carbonyl (C=O) groups is 1. The predicted octanol–water partition coefficient (Wildman–Crippen LogP) is 1.52. The third kappa shape index (κ3) is 4.42. The Morgan fingerprint density at radius 3 is 2.83 bits per heavy atom. The highest BCUT2D eigenvalue weighted by Crippen LogP contribution is 2.24. The van der Waals surface area contributed by atoms with E-state index in [1.165, 1.54) is 0 Å². The van der Waals surface area contributed by atoms with Crippen molar-refractivity contribution in [3.63, 3.8) is 0 Å². The number of nitrogens with zero attached hydrogens (tertiary/aromatic N) is 5. The fourth-order valence-electron chi connectivity index (χ4n) is 3.60. The first-order valence-corrected chi connectivity index (χ1v) is 9.93. The van der Waals surface area contributed by atoms with Gasteiger partial charge < -0.3 is 14.4 Å². The highest BCUT2D eigenvalue weighted by atomic mass is 16.7. The molecule has 0 radical (unpaired) electrons. The number of aromatic nitrogens is 5. The number of aryl methyl sites for hydroxylation is 2. The average molecular weight is 411 g/mol. The van der Waals surface area contributed by atoms with Gasteiger partial charge >= 0.3 is 5.82 Å². The lowest BCUT2D eigenvalue weighted by Crippen LogP contribution is -2.39. The summed E-state index contributed by atoms with van der Waals surface area (Å²) >= 11 is 0. The number of ether oxygens (including phenoxy) is 2. The van der Waals surface area contributed by atoms with Crippen LogP contribution in [0.3, 0.4) is 0 Å². The van der Waals surface area contributed by atoms with Crippen LogP contribution in [-0.4, -0.2) is 55.7 Å². The first-order chi connectivity index (χ1) is 14.3. The van der Waals surface area contributed by atoms with Crippen LogP contribution >= 0.6 is 0 Å². The van der Waals surface area contributed by atoms with Crippen LogP contribution in [0.2, 0.25) is 0 Å². The molecular weight excluding hydrogens is 384 g/mol. The number of hydrogen-bond acceptors (Lipinski definition) is 5. The number of pyridine rings is 1. The zero-order valence-electron chi connectivity index (χ0n) is 17.7. The number of nitrogens with one attached hydrogen (secondary N) is 1. The van der Waals surface area contributed by atoms with Gasteiger partial charge in [-0.3, -0.25) is 9.48 Å². The Bertz CT molecular complexity index is 1010. The van der Waals surface area contributed by atoms with Crippen molar-refractivity contribution in [1.29, 1.82) is 0 Å². The van der Waals surface area contributed by atoms with E-state index in [0.29, 0.717) is 31.1 Å². The number of aromatic amines is 1. The van der Waals surface area contributed by atoms with Crippen molar-refractivity contribution in [2.24, 2.45) is 7.05 Å². The molecule has 1 aliphatic heterocycles. The summed E-state index contributed by atoms with van der Waals surface area (Å²) in [7, 11) is 1.88. The molecule has 9 heteroatoms. The normalized spacial score (nSPS) is 17.9. The molecule has 3 aromatic rings. The van der Waals surface area contributed by atoms with Crippen molar-refractivity contribution in [2.75, 3.05) is 13.2 Å². The second-order valence-electron chi connectivity index (χ2n) is 7.95. The lowest BCUT2D eigenvalue weighted by molar-refractivity contribution is -0.658. The quantitative estimate of drug-likeness (QED) is 0.622. The van der Waals surface area contributed by atoms with E-state index in [9.17, 15) is 4.79 Å². The number of rotatable bonds is 6. The zero-order chi connectivity index (χ0) is 21.3. The van der Waals surface area contributed by atoms with Gasteiger partial charge in [-0.05, 0) is 44.0 Å². The minimum absolute atomic E-state index is 0.113. The maximum atomic E-state index is 13.4. The fourth-order valence-corrected chi connectivity index (χ4v) is 3.60. The van der Waals surface area contributed by atoms with Crippen molar-refractivity contribution in [3.8, 4) is 5.82 Å². The molecule has 0 aromatic carbocycles. The Morgan fingerprint density at radius 2 is 2.27 bits per heavy atom. The standard InChI is InChI=1S/C21H26N6O3/c1-15-10-17(25(4)24-15)12-26(13-18-14-29-21(2,3)30-18)20(28)16-6-7-19(22-11-16)27-9-5-8-23-27/h5-11,18H,12-14H2,1-4H3/p+1/t18-/m0/s1. The van der Waals surface area contributed by atoms with Crippen LogP contribution in [0.4, 0.5) is 0 Å². The summed E-state index contributed by atoms with van der Waals surface area (Å²) in [5, 5.41) is 7.44. The second-order valence-corrected chi connectivity index (χ2v) is 7.95. The Hall–Kier alpha value is -3.04. The molecule has 0 aliphatic carbocycles. The molecule has 3 aromatic heterocycles. The van der Waals surface area contributed by atoms with Crippen molar-refractivity contribution in [3.05, 3.63) is 59.8 Å². The molecule has 0 spiro atoms. The van der Waals surface area contributed by atoms with Crippen molar-refractivity contribution in [2.45, 2.75) is 39.2 Å². The molecule has 9 nitrogen and oxygen atoms in total. The van der Waals surface area contributed by atoms with Crippen LogP contribution in [0.15, 0.2) is 42.9 Å². The van der Waals surface area contributed by atoms with E-state index in [0.717, 1.165) is 11.4 Å². The van der Waals surface area contributed by atoms with E-state index in [1.807, 2.05) is 58.4 Å². The lowest BCUT2D eigenvalue weighted by Gasteiger charge is -2.25. The van der Waals surface area contributed by atoms with Gasteiger partial charge in [0, 0.05) is 19.3 Å². The molecule has 0 unspecified atom stereocenters. The second kappa shape index (κ2) is 8.00. The van der Waals surface area contributed by atoms with E-state index < -0.39 is 5.79 Å². The maximum absolute atomic E-state index is 13.4. The Kier molecular flexibility index (Phi) is 5.40. The van der Waals surface area contributed by atoms with Gasteiger partial charge in [0.2, 0.25) is 0 Å². The third-order valence-electron chi connectivity index (χ3n) is 5.02. The van der Waals surface area contributed by atoms with Gasteiger partial charge in [-0.25, -0.2) is 5.10 Å². The van der Waals surface area contributed by atoms with E-state index in [1.54, 1.807) is 26.5 Å². The largest absolute Gasteiger partial charge is 0.348 e. The van der Waals surface area contributed by atoms with Gasteiger partial charge in [-0.2, -0.15) is 5.10 Å². The summed E-state index contributed by atoms with van der Waals surface area (Å²) in [6.07, 6.45) is 5.08. The molecular formula is C21H27N6O3+. The SMILES string of the molecule is Cc1cc(CN(C[C@H]2COC(C)(C)O2)C(=O)c2ccc(-[n+]3ccc[nH]3)nc2)n(C)n1. The van der Waals surface area contributed by atoms with Gasteiger partial charge in [0.15, 0.2) is 12.0 Å². The summed E-state index contributed by atoms with van der Waals surface area (Å²) < 4.78 is 15.2. The summed E-state index contributed by atoms with van der Waals surface area (Å²) in [6, 6.07) is 7.47. The van der Waals surface area contributed by atoms with Crippen molar-refractivity contribution in [1.82, 2.24) is 24.8 Å². The van der Waals surface area contributed by atoms with Crippen molar-refractivity contribution >= 4 is 5.91 Å². The summed E-state index contributed by atoms with van der Waals surface area (Å²) in [5.41, 5.74) is 2.38. The predicted molar refractivity (Wildman–Crippen MR) is 108 cm³/mol. The highest BCUT2D eigenvalue weighted by molar-refractivity contribution is 5.94. The Labute approximate surface area is 175 Å². The van der Waals surface area contributed by atoms with Crippen molar-refractivity contribution < 1.29 is 19.0 Å². The van der Waals surface area contributed by atoms with Gasteiger partial charge in [-0.15, -0.1) is 4.68 Å². The minimum atomic E-state index is -0.640. The zero-order valence-corrected chi connectivity index (χ0v) is 17.7. The maximum Gasteiger partial charge on any atom is 0.346 e. The van der Waals surface area contributed by atoms with E-state index in [2.05, 4.69) is 15.2 Å². The Morgan fingerprint density at radius 1 is 1.43 bits per heavy atom. The Balaban J connectivity index is 1.56. The monoisotopic (exact) mass is 411 g/mol. The van der Waals surface area contributed by atoms with E-state index in [-0.39, 0.29) is 12.0 Å². The number of hydrogen-bond donors (Lipinski definition) is 1. The van der Waals surface area contributed by atoms with Crippen LogP contribution in [-0.2, 0) is 23.1 Å². The topological polar surface area (TPSA) is 89.2 Å². The molecule has 30 heavy (non-hydrogen) atoms. The van der Waals surface area contributed by atoms with E-state index >= 15 is 0 Å².